The lowest BCUT2D eigenvalue weighted by atomic mass is 10.1. The second kappa shape index (κ2) is 9.87. The van der Waals surface area contributed by atoms with Crippen LogP contribution in [0.1, 0.15) is 11.1 Å². The molecular formula is C19H21F3N4O3. The molecule has 7 nitrogen and oxygen atoms in total. The van der Waals surface area contributed by atoms with Crippen LogP contribution in [0, 0.1) is 10.1 Å². The summed E-state index contributed by atoms with van der Waals surface area (Å²) >= 11 is 0. The SMILES string of the molecule is CN(CC(=O)NCCNc1ccc([N+](=O)[O-])cc1)Cc1ccc(C(F)(F)F)cc1. The van der Waals surface area contributed by atoms with Crippen molar-refractivity contribution in [3.05, 3.63) is 69.8 Å². The van der Waals surface area contributed by atoms with Crippen molar-refractivity contribution in [3.8, 4) is 0 Å². The molecule has 29 heavy (non-hydrogen) atoms. The monoisotopic (exact) mass is 410 g/mol. The number of hydrogen-bond donors (Lipinski definition) is 2. The summed E-state index contributed by atoms with van der Waals surface area (Å²) in [5, 5.41) is 16.4. The fourth-order valence-corrected chi connectivity index (χ4v) is 2.58. The van der Waals surface area contributed by atoms with Crippen LogP contribution in [-0.2, 0) is 17.5 Å². The first-order valence-corrected chi connectivity index (χ1v) is 8.75. The predicted molar refractivity (Wildman–Crippen MR) is 102 cm³/mol. The van der Waals surface area contributed by atoms with Crippen molar-refractivity contribution in [2.45, 2.75) is 12.7 Å². The molecule has 2 N–H and O–H groups in total. The van der Waals surface area contributed by atoms with Crippen LogP contribution in [0.3, 0.4) is 0 Å². The number of carbonyl (C=O) groups is 1. The zero-order valence-electron chi connectivity index (χ0n) is 15.7. The molecule has 2 aromatic carbocycles. The van der Waals surface area contributed by atoms with Crippen LogP contribution in [0.5, 0.6) is 0 Å². The van der Waals surface area contributed by atoms with Gasteiger partial charge in [0, 0.05) is 37.5 Å². The van der Waals surface area contributed by atoms with Gasteiger partial charge in [0.25, 0.3) is 5.69 Å². The molecule has 2 aromatic rings. The number of hydrogen-bond acceptors (Lipinski definition) is 5. The fraction of sp³-hybridized carbons (Fsp3) is 0.316. The summed E-state index contributed by atoms with van der Waals surface area (Å²) in [5.74, 6) is -0.218. The number of alkyl halides is 3. The van der Waals surface area contributed by atoms with E-state index in [-0.39, 0.29) is 18.1 Å². The molecule has 0 aliphatic rings. The Kier molecular flexibility index (Phi) is 7.54. The van der Waals surface area contributed by atoms with E-state index in [9.17, 15) is 28.1 Å². The summed E-state index contributed by atoms with van der Waals surface area (Å²) in [6.07, 6.45) is -4.37. The number of benzene rings is 2. The van der Waals surface area contributed by atoms with Gasteiger partial charge in [-0.1, -0.05) is 12.1 Å². The molecule has 0 saturated heterocycles. The lowest BCUT2D eigenvalue weighted by molar-refractivity contribution is -0.384. The molecular weight excluding hydrogens is 389 g/mol. The fourth-order valence-electron chi connectivity index (χ4n) is 2.58. The minimum Gasteiger partial charge on any atom is -0.383 e. The Morgan fingerprint density at radius 1 is 1.07 bits per heavy atom. The van der Waals surface area contributed by atoms with Crippen LogP contribution in [-0.4, -0.2) is 42.4 Å². The van der Waals surface area contributed by atoms with Crippen molar-refractivity contribution < 1.29 is 22.9 Å². The number of nitro benzene ring substituents is 1. The van der Waals surface area contributed by atoms with E-state index in [0.29, 0.717) is 30.9 Å². The molecule has 10 heteroatoms. The third-order valence-electron chi connectivity index (χ3n) is 4.00. The summed E-state index contributed by atoms with van der Waals surface area (Å²) in [6.45, 7) is 1.22. The first kappa shape index (κ1) is 22.2. The highest BCUT2D eigenvalue weighted by molar-refractivity contribution is 5.78. The number of amides is 1. The largest absolute Gasteiger partial charge is 0.416 e. The number of rotatable bonds is 9. The molecule has 2 rings (SSSR count). The Morgan fingerprint density at radius 3 is 2.24 bits per heavy atom. The number of likely N-dealkylation sites (N-methyl/N-ethyl adjacent to an activating group) is 1. The van der Waals surface area contributed by atoms with Gasteiger partial charge in [0.2, 0.25) is 5.91 Å². The van der Waals surface area contributed by atoms with Crippen LogP contribution in [0.2, 0.25) is 0 Å². The first-order chi connectivity index (χ1) is 13.6. The van der Waals surface area contributed by atoms with Gasteiger partial charge in [-0.05, 0) is 36.9 Å². The molecule has 1 amide bonds. The molecule has 0 heterocycles. The second-order valence-corrected chi connectivity index (χ2v) is 6.45. The van der Waals surface area contributed by atoms with E-state index < -0.39 is 16.7 Å². The standard InChI is InChI=1S/C19H21F3N4O3/c1-25(12-14-2-4-15(5-3-14)19(20,21)22)13-18(27)24-11-10-23-16-6-8-17(9-7-16)26(28)29/h2-9,23H,10-13H2,1H3,(H,24,27). The van der Waals surface area contributed by atoms with Crippen molar-refractivity contribution in [1.29, 1.82) is 0 Å². The normalized spacial score (nSPS) is 11.3. The van der Waals surface area contributed by atoms with E-state index >= 15 is 0 Å². The number of nitro groups is 1. The van der Waals surface area contributed by atoms with Crippen molar-refractivity contribution in [2.75, 3.05) is 32.0 Å². The molecule has 0 spiro atoms. The smallest absolute Gasteiger partial charge is 0.383 e. The van der Waals surface area contributed by atoms with Gasteiger partial charge in [-0.3, -0.25) is 19.8 Å². The lowest BCUT2D eigenvalue weighted by Crippen LogP contribution is -2.37. The average molecular weight is 410 g/mol. The van der Waals surface area contributed by atoms with E-state index in [1.165, 1.54) is 24.3 Å². The lowest BCUT2D eigenvalue weighted by Gasteiger charge is -2.17. The molecule has 0 saturated carbocycles. The minimum atomic E-state index is -4.37. The van der Waals surface area contributed by atoms with E-state index in [4.69, 9.17) is 0 Å². The van der Waals surface area contributed by atoms with Gasteiger partial charge in [0.1, 0.15) is 0 Å². The van der Waals surface area contributed by atoms with Crippen LogP contribution in [0.15, 0.2) is 48.5 Å². The van der Waals surface area contributed by atoms with E-state index in [0.717, 1.165) is 12.1 Å². The van der Waals surface area contributed by atoms with Crippen LogP contribution in [0.25, 0.3) is 0 Å². The second-order valence-electron chi connectivity index (χ2n) is 6.45. The number of anilines is 1. The molecule has 0 fully saturated rings. The summed E-state index contributed by atoms with van der Waals surface area (Å²) in [6, 6.07) is 10.8. The van der Waals surface area contributed by atoms with Gasteiger partial charge >= 0.3 is 6.18 Å². The van der Waals surface area contributed by atoms with Gasteiger partial charge in [-0.15, -0.1) is 0 Å². The third kappa shape index (κ3) is 7.41. The molecule has 0 aliphatic heterocycles. The van der Waals surface area contributed by atoms with Crippen molar-refractivity contribution in [1.82, 2.24) is 10.2 Å². The van der Waals surface area contributed by atoms with E-state index in [1.54, 1.807) is 24.1 Å². The van der Waals surface area contributed by atoms with Crippen LogP contribution in [0.4, 0.5) is 24.5 Å². The average Bonchev–Trinajstić information content (AvgIpc) is 2.65. The minimum absolute atomic E-state index is 0.0000592. The van der Waals surface area contributed by atoms with Gasteiger partial charge < -0.3 is 10.6 Å². The highest BCUT2D eigenvalue weighted by atomic mass is 19.4. The highest BCUT2D eigenvalue weighted by Crippen LogP contribution is 2.29. The number of nitrogens with one attached hydrogen (secondary N) is 2. The maximum Gasteiger partial charge on any atom is 0.416 e. The zero-order chi connectivity index (χ0) is 21.4. The van der Waals surface area contributed by atoms with Crippen LogP contribution >= 0.6 is 0 Å². The summed E-state index contributed by atoms with van der Waals surface area (Å²) in [7, 11) is 1.70. The van der Waals surface area contributed by atoms with Crippen molar-refractivity contribution in [2.24, 2.45) is 0 Å². The Balaban J connectivity index is 1.68. The van der Waals surface area contributed by atoms with Crippen molar-refractivity contribution in [3.63, 3.8) is 0 Å². The van der Waals surface area contributed by atoms with Crippen molar-refractivity contribution >= 4 is 17.3 Å². The molecule has 0 unspecified atom stereocenters. The van der Waals surface area contributed by atoms with Gasteiger partial charge in [-0.25, -0.2) is 0 Å². The number of halogens is 3. The maximum absolute atomic E-state index is 12.6. The van der Waals surface area contributed by atoms with Crippen LogP contribution < -0.4 is 10.6 Å². The first-order valence-electron chi connectivity index (χ1n) is 8.75. The Hall–Kier alpha value is -3.14. The number of carbonyl (C=O) groups excluding carboxylic acids is 1. The highest BCUT2D eigenvalue weighted by Gasteiger charge is 2.29. The molecule has 0 bridgehead atoms. The Labute approximate surface area is 165 Å². The molecule has 0 aliphatic carbocycles. The summed E-state index contributed by atoms with van der Waals surface area (Å²) in [4.78, 5) is 23.8. The molecule has 0 atom stereocenters. The number of non-ortho nitro benzene ring substituents is 1. The molecule has 0 aromatic heterocycles. The number of nitrogens with zero attached hydrogens (tertiary/aromatic N) is 2. The predicted octanol–water partition coefficient (Wildman–Crippen LogP) is 3.27. The van der Waals surface area contributed by atoms with E-state index in [2.05, 4.69) is 10.6 Å². The van der Waals surface area contributed by atoms with Gasteiger partial charge in [0.05, 0.1) is 17.0 Å². The third-order valence-corrected chi connectivity index (χ3v) is 4.00. The summed E-state index contributed by atoms with van der Waals surface area (Å²) < 4.78 is 37.7. The van der Waals surface area contributed by atoms with E-state index in [1.807, 2.05) is 0 Å². The quantitative estimate of drug-likeness (QED) is 0.376. The molecule has 0 radical (unpaired) electrons. The zero-order valence-corrected chi connectivity index (χ0v) is 15.7. The molecule has 156 valence electrons. The maximum atomic E-state index is 12.6. The Bertz CT molecular complexity index is 824. The van der Waals surface area contributed by atoms with Gasteiger partial charge in [0.15, 0.2) is 0 Å². The van der Waals surface area contributed by atoms with Gasteiger partial charge in [-0.2, -0.15) is 13.2 Å². The topological polar surface area (TPSA) is 87.5 Å². The summed E-state index contributed by atoms with van der Waals surface area (Å²) in [5.41, 5.74) is 0.666. The Morgan fingerprint density at radius 2 is 1.69 bits per heavy atom.